The summed E-state index contributed by atoms with van der Waals surface area (Å²) in [6, 6.07) is 6.47. The van der Waals surface area contributed by atoms with Gasteiger partial charge in [0.25, 0.3) is 0 Å². The summed E-state index contributed by atoms with van der Waals surface area (Å²) >= 11 is 3.28. The van der Waals surface area contributed by atoms with Crippen LogP contribution in [0.2, 0.25) is 0 Å². The summed E-state index contributed by atoms with van der Waals surface area (Å²) in [6.07, 6.45) is 1.30. The van der Waals surface area contributed by atoms with Crippen LogP contribution in [0.25, 0.3) is 0 Å². The maximum absolute atomic E-state index is 12.6. The fraction of sp³-hybridized carbons (Fsp3) is 0.500. The van der Waals surface area contributed by atoms with Gasteiger partial charge in [0.15, 0.2) is 0 Å². The van der Waals surface area contributed by atoms with Crippen molar-refractivity contribution in [1.82, 2.24) is 9.62 Å². The van der Waals surface area contributed by atoms with Crippen LogP contribution in [0.1, 0.15) is 12.8 Å². The predicted octanol–water partition coefficient (Wildman–Crippen LogP) is 0.958. The van der Waals surface area contributed by atoms with Crippen LogP contribution in [0.5, 0.6) is 0 Å². The largest absolute Gasteiger partial charge is 0.395 e. The molecule has 22 heavy (non-hydrogen) atoms. The van der Waals surface area contributed by atoms with E-state index in [-0.39, 0.29) is 36.4 Å². The molecule has 0 radical (unpaired) electrons. The lowest BCUT2D eigenvalue weighted by Crippen LogP contribution is -2.45. The molecule has 1 amide bonds. The smallest absolute Gasteiger partial charge is 0.243 e. The zero-order valence-electron chi connectivity index (χ0n) is 12.0. The van der Waals surface area contributed by atoms with E-state index in [4.69, 9.17) is 5.11 Å². The fourth-order valence-electron chi connectivity index (χ4n) is 2.45. The number of halogens is 1. The van der Waals surface area contributed by atoms with Crippen LogP contribution in [-0.2, 0) is 14.8 Å². The molecule has 2 rings (SSSR count). The van der Waals surface area contributed by atoms with Gasteiger partial charge in [-0.3, -0.25) is 4.79 Å². The number of hydrogen-bond donors (Lipinski definition) is 2. The van der Waals surface area contributed by atoms with E-state index in [1.54, 1.807) is 24.3 Å². The lowest BCUT2D eigenvalue weighted by atomic mass is 9.99. The van der Waals surface area contributed by atoms with Gasteiger partial charge in [0, 0.05) is 24.1 Å². The molecule has 1 heterocycles. The summed E-state index contributed by atoms with van der Waals surface area (Å²) in [5.41, 5.74) is 0. The standard InChI is InChI=1S/C14H19BrN2O4S/c15-12-3-5-13(6-4-12)22(20,21)17-8-1-2-11(10-17)14(19)16-7-9-18/h3-6,11,18H,1-2,7-10H2,(H,16,19)/t11-/m0/s1. The number of aliphatic hydroxyl groups is 1. The number of nitrogens with one attached hydrogen (secondary N) is 1. The van der Waals surface area contributed by atoms with E-state index in [1.807, 2.05) is 0 Å². The molecule has 6 nitrogen and oxygen atoms in total. The van der Waals surface area contributed by atoms with Gasteiger partial charge >= 0.3 is 0 Å². The maximum atomic E-state index is 12.6. The number of benzene rings is 1. The quantitative estimate of drug-likeness (QED) is 0.783. The van der Waals surface area contributed by atoms with Crippen LogP contribution in [0, 0.1) is 5.92 Å². The van der Waals surface area contributed by atoms with Gasteiger partial charge in [-0.25, -0.2) is 8.42 Å². The van der Waals surface area contributed by atoms with Gasteiger partial charge in [0.05, 0.1) is 17.4 Å². The van der Waals surface area contributed by atoms with E-state index in [1.165, 1.54) is 4.31 Å². The average molecular weight is 391 g/mol. The highest BCUT2D eigenvalue weighted by Gasteiger charge is 2.33. The highest BCUT2D eigenvalue weighted by Crippen LogP contribution is 2.24. The first kappa shape index (κ1) is 17.4. The number of carbonyl (C=O) groups is 1. The summed E-state index contributed by atoms with van der Waals surface area (Å²) in [5, 5.41) is 11.3. The average Bonchev–Trinajstić information content (AvgIpc) is 2.53. The molecular formula is C14H19BrN2O4S. The van der Waals surface area contributed by atoms with Gasteiger partial charge in [0.2, 0.25) is 15.9 Å². The Morgan fingerprint density at radius 1 is 1.36 bits per heavy atom. The highest BCUT2D eigenvalue weighted by atomic mass is 79.9. The second-order valence-corrected chi connectivity index (χ2v) is 8.02. The molecule has 1 fully saturated rings. The molecule has 8 heteroatoms. The van der Waals surface area contributed by atoms with Gasteiger partial charge in [0.1, 0.15) is 0 Å². The summed E-state index contributed by atoms with van der Waals surface area (Å²) in [7, 11) is -3.58. The van der Waals surface area contributed by atoms with Gasteiger partial charge in [-0.1, -0.05) is 15.9 Å². The molecule has 122 valence electrons. The van der Waals surface area contributed by atoms with Crippen molar-refractivity contribution >= 4 is 31.9 Å². The molecule has 0 unspecified atom stereocenters. The number of sulfonamides is 1. The van der Waals surface area contributed by atoms with Crippen molar-refractivity contribution in [2.24, 2.45) is 5.92 Å². The van der Waals surface area contributed by atoms with Crippen molar-refractivity contribution in [3.05, 3.63) is 28.7 Å². The van der Waals surface area contributed by atoms with Gasteiger partial charge in [-0.2, -0.15) is 4.31 Å². The van der Waals surface area contributed by atoms with E-state index >= 15 is 0 Å². The maximum Gasteiger partial charge on any atom is 0.243 e. The lowest BCUT2D eigenvalue weighted by Gasteiger charge is -2.31. The summed E-state index contributed by atoms with van der Waals surface area (Å²) in [4.78, 5) is 12.2. The third-order valence-corrected chi connectivity index (χ3v) is 6.03. The number of piperidine rings is 1. The molecule has 1 saturated heterocycles. The number of rotatable bonds is 5. The van der Waals surface area contributed by atoms with Crippen LogP contribution in [0.15, 0.2) is 33.6 Å². The number of nitrogens with zero attached hydrogens (tertiary/aromatic N) is 1. The molecule has 0 aliphatic carbocycles. The molecule has 0 aromatic heterocycles. The summed E-state index contributed by atoms with van der Waals surface area (Å²) in [6.45, 7) is 0.659. The Labute approximate surface area is 138 Å². The Bertz CT molecular complexity index is 618. The van der Waals surface area contributed by atoms with Crippen LogP contribution in [0.3, 0.4) is 0 Å². The first-order valence-electron chi connectivity index (χ1n) is 7.09. The number of hydrogen-bond acceptors (Lipinski definition) is 4. The van der Waals surface area contributed by atoms with E-state index in [2.05, 4.69) is 21.2 Å². The molecular weight excluding hydrogens is 372 g/mol. The zero-order chi connectivity index (χ0) is 16.2. The molecule has 0 saturated carbocycles. The number of aliphatic hydroxyl groups excluding tert-OH is 1. The highest BCUT2D eigenvalue weighted by molar-refractivity contribution is 9.10. The second-order valence-electron chi connectivity index (χ2n) is 5.17. The van der Waals surface area contributed by atoms with Crippen LogP contribution in [0.4, 0.5) is 0 Å². The first-order chi connectivity index (χ1) is 10.4. The fourth-order valence-corrected chi connectivity index (χ4v) is 4.24. The summed E-state index contributed by atoms with van der Waals surface area (Å²) in [5.74, 6) is -0.574. The zero-order valence-corrected chi connectivity index (χ0v) is 14.4. The minimum Gasteiger partial charge on any atom is -0.395 e. The van der Waals surface area contributed by atoms with Crippen LogP contribution >= 0.6 is 15.9 Å². The second kappa shape index (κ2) is 7.54. The van der Waals surface area contributed by atoms with Crippen LogP contribution < -0.4 is 5.32 Å². The van der Waals surface area contributed by atoms with Crippen molar-refractivity contribution in [2.45, 2.75) is 17.7 Å². The molecule has 1 aliphatic rings. The Balaban J connectivity index is 2.11. The summed E-state index contributed by atoms with van der Waals surface area (Å²) < 4.78 is 27.4. The van der Waals surface area contributed by atoms with E-state index in [0.717, 1.165) is 4.47 Å². The van der Waals surface area contributed by atoms with Crippen molar-refractivity contribution in [3.8, 4) is 0 Å². The molecule has 2 N–H and O–H groups in total. The molecule has 0 spiro atoms. The van der Waals surface area contributed by atoms with Crippen molar-refractivity contribution < 1.29 is 18.3 Å². The topological polar surface area (TPSA) is 86.7 Å². The molecule has 1 aromatic carbocycles. The number of amides is 1. The third kappa shape index (κ3) is 4.07. The molecule has 1 aliphatic heterocycles. The number of carbonyl (C=O) groups excluding carboxylic acids is 1. The Morgan fingerprint density at radius 2 is 2.05 bits per heavy atom. The first-order valence-corrected chi connectivity index (χ1v) is 9.32. The minimum atomic E-state index is -3.58. The van der Waals surface area contributed by atoms with Crippen molar-refractivity contribution in [1.29, 1.82) is 0 Å². The van der Waals surface area contributed by atoms with E-state index in [0.29, 0.717) is 19.4 Å². The normalized spacial score (nSPS) is 19.8. The van der Waals surface area contributed by atoms with E-state index in [9.17, 15) is 13.2 Å². The van der Waals surface area contributed by atoms with Gasteiger partial charge < -0.3 is 10.4 Å². The van der Waals surface area contributed by atoms with E-state index < -0.39 is 10.0 Å². The predicted molar refractivity (Wildman–Crippen MR) is 85.7 cm³/mol. The Morgan fingerprint density at radius 3 is 2.68 bits per heavy atom. The third-order valence-electron chi connectivity index (χ3n) is 3.62. The Hall–Kier alpha value is -0.960. The minimum absolute atomic E-state index is 0.126. The monoisotopic (exact) mass is 390 g/mol. The Kier molecular flexibility index (Phi) is 5.96. The van der Waals surface area contributed by atoms with Crippen molar-refractivity contribution in [3.63, 3.8) is 0 Å². The van der Waals surface area contributed by atoms with Gasteiger partial charge in [-0.15, -0.1) is 0 Å². The molecule has 1 aromatic rings. The van der Waals surface area contributed by atoms with Crippen molar-refractivity contribution in [2.75, 3.05) is 26.2 Å². The SMILES string of the molecule is O=C(NCCO)[C@H]1CCCN(S(=O)(=O)c2ccc(Br)cc2)C1. The lowest BCUT2D eigenvalue weighted by molar-refractivity contribution is -0.126. The van der Waals surface area contributed by atoms with Gasteiger partial charge in [-0.05, 0) is 37.1 Å². The molecule has 0 bridgehead atoms. The molecule has 1 atom stereocenters. The van der Waals surface area contributed by atoms with Crippen LogP contribution in [-0.4, -0.2) is 50.0 Å².